The Hall–Kier alpha value is -2.90. The van der Waals surface area contributed by atoms with Crippen LogP contribution in [-0.4, -0.2) is 74.0 Å². The third kappa shape index (κ3) is 4.73. The predicted molar refractivity (Wildman–Crippen MR) is 119 cm³/mol. The molecule has 2 N–H and O–H groups in total. The highest BCUT2D eigenvalue weighted by Crippen LogP contribution is 2.34. The summed E-state index contributed by atoms with van der Waals surface area (Å²) >= 11 is 0. The van der Waals surface area contributed by atoms with Crippen molar-refractivity contribution in [3.05, 3.63) is 65.7 Å². The molecule has 7 nitrogen and oxygen atoms in total. The van der Waals surface area contributed by atoms with Gasteiger partial charge in [-0.1, -0.05) is 42.5 Å². The number of carbonyl (C=O) groups excluding carboxylic acids is 2. The lowest BCUT2D eigenvalue weighted by atomic mass is 9.86. The van der Waals surface area contributed by atoms with Crippen molar-refractivity contribution in [3.63, 3.8) is 0 Å². The second-order valence-corrected chi connectivity index (χ2v) is 8.70. The average Bonchev–Trinajstić information content (AvgIpc) is 3.03. The molecule has 7 heteroatoms. The van der Waals surface area contributed by atoms with Crippen molar-refractivity contribution in [3.8, 4) is 5.75 Å². The number of fused-ring (bicyclic) bond motifs is 1. The third-order valence-corrected chi connectivity index (χ3v) is 6.02. The lowest BCUT2D eigenvalue weighted by Gasteiger charge is -2.33. The van der Waals surface area contributed by atoms with Crippen LogP contribution in [0.3, 0.4) is 0 Å². The van der Waals surface area contributed by atoms with E-state index < -0.39 is 11.5 Å². The Labute approximate surface area is 183 Å². The van der Waals surface area contributed by atoms with Gasteiger partial charge in [0.2, 0.25) is 5.91 Å². The summed E-state index contributed by atoms with van der Waals surface area (Å²) < 4.78 is 6.08. The van der Waals surface area contributed by atoms with Gasteiger partial charge in [0.1, 0.15) is 12.4 Å². The van der Waals surface area contributed by atoms with Crippen molar-refractivity contribution in [2.45, 2.75) is 12.1 Å². The average molecular weight is 423 g/mol. The molecule has 1 fully saturated rings. The molecule has 2 atom stereocenters. The van der Waals surface area contributed by atoms with E-state index in [4.69, 9.17) is 4.74 Å². The number of amides is 2. The maximum Gasteiger partial charge on any atom is 0.255 e. The first-order valence-corrected chi connectivity index (χ1v) is 10.7. The van der Waals surface area contributed by atoms with Crippen LogP contribution < -0.4 is 15.4 Å². The van der Waals surface area contributed by atoms with Crippen molar-refractivity contribution in [1.29, 1.82) is 0 Å². The summed E-state index contributed by atoms with van der Waals surface area (Å²) in [4.78, 5) is 30.5. The lowest BCUT2D eigenvalue weighted by molar-refractivity contribution is -0.126. The molecule has 0 bridgehead atoms. The van der Waals surface area contributed by atoms with Gasteiger partial charge in [-0.2, -0.15) is 0 Å². The first-order chi connectivity index (χ1) is 15.0. The van der Waals surface area contributed by atoms with Crippen molar-refractivity contribution in [2.24, 2.45) is 5.92 Å². The van der Waals surface area contributed by atoms with Crippen LogP contribution in [0, 0.1) is 5.92 Å². The van der Waals surface area contributed by atoms with Crippen molar-refractivity contribution in [1.82, 2.24) is 20.4 Å². The molecule has 2 aromatic carbocycles. The fraction of sp³-hybridized carbons (Fsp3) is 0.417. The van der Waals surface area contributed by atoms with Gasteiger partial charge in [-0.15, -0.1) is 0 Å². The standard InChI is InChI=1S/C24H30N4O3/c1-27(2)13-12-25-23(30)20-15-28(14-18-8-4-3-5-9-18)16-24(20)17-31-21-11-7-6-10-19(21)22(29)26-24/h3-11,20H,12-17H2,1-2H3,(H,25,30)(H,26,29)/t20-,24-/m0/s1. The van der Waals surface area contributed by atoms with Crippen LogP contribution >= 0.6 is 0 Å². The molecule has 1 spiro atoms. The van der Waals surface area contributed by atoms with Gasteiger partial charge in [0.25, 0.3) is 5.91 Å². The second kappa shape index (κ2) is 9.08. The number of para-hydroxylation sites is 1. The number of likely N-dealkylation sites (tertiary alicyclic amines) is 1. The van der Waals surface area contributed by atoms with Gasteiger partial charge in [-0.25, -0.2) is 0 Å². The smallest absolute Gasteiger partial charge is 0.255 e. The molecule has 2 heterocycles. The summed E-state index contributed by atoms with van der Waals surface area (Å²) in [5.41, 5.74) is 0.899. The molecule has 0 radical (unpaired) electrons. The van der Waals surface area contributed by atoms with Gasteiger partial charge >= 0.3 is 0 Å². The zero-order valence-electron chi connectivity index (χ0n) is 18.1. The van der Waals surface area contributed by atoms with Crippen LogP contribution in [0.15, 0.2) is 54.6 Å². The predicted octanol–water partition coefficient (Wildman–Crippen LogP) is 1.36. The van der Waals surface area contributed by atoms with Gasteiger partial charge in [0.05, 0.1) is 17.0 Å². The van der Waals surface area contributed by atoms with E-state index in [0.29, 0.717) is 37.5 Å². The summed E-state index contributed by atoms with van der Waals surface area (Å²) in [6.45, 7) is 3.40. The Kier molecular flexibility index (Phi) is 6.25. The van der Waals surface area contributed by atoms with Crippen molar-refractivity contribution in [2.75, 3.05) is 46.9 Å². The fourth-order valence-corrected chi connectivity index (χ4v) is 4.42. The van der Waals surface area contributed by atoms with Crippen LogP contribution in [0.2, 0.25) is 0 Å². The van der Waals surface area contributed by atoms with Crippen molar-refractivity contribution < 1.29 is 14.3 Å². The summed E-state index contributed by atoms with van der Waals surface area (Å²) in [5.74, 6) is -0.0881. The largest absolute Gasteiger partial charge is 0.490 e. The Morgan fingerprint density at radius 3 is 2.71 bits per heavy atom. The number of nitrogens with one attached hydrogen (secondary N) is 2. The van der Waals surface area contributed by atoms with E-state index in [1.54, 1.807) is 12.1 Å². The molecule has 1 saturated heterocycles. The fourth-order valence-electron chi connectivity index (χ4n) is 4.42. The maximum atomic E-state index is 13.2. The quantitative estimate of drug-likeness (QED) is 0.735. The summed E-state index contributed by atoms with van der Waals surface area (Å²) in [5, 5.41) is 6.23. The van der Waals surface area contributed by atoms with Crippen molar-refractivity contribution >= 4 is 11.8 Å². The molecule has 0 aromatic heterocycles. The molecule has 164 valence electrons. The van der Waals surface area contributed by atoms with Gasteiger partial charge in [0.15, 0.2) is 0 Å². The first kappa shape index (κ1) is 21.3. The zero-order chi connectivity index (χ0) is 21.8. The zero-order valence-corrected chi connectivity index (χ0v) is 18.1. The number of hydrogen-bond acceptors (Lipinski definition) is 5. The molecule has 0 aliphatic carbocycles. The minimum absolute atomic E-state index is 0.0488. The highest BCUT2D eigenvalue weighted by atomic mass is 16.5. The molecule has 2 aliphatic rings. The van der Waals surface area contributed by atoms with E-state index in [-0.39, 0.29) is 18.4 Å². The van der Waals surface area contributed by atoms with E-state index in [2.05, 4.69) is 27.7 Å². The van der Waals surface area contributed by atoms with Gasteiger partial charge < -0.3 is 20.3 Å². The summed E-state index contributed by atoms with van der Waals surface area (Å²) in [7, 11) is 3.95. The molecule has 0 unspecified atom stereocenters. The number of nitrogens with zero attached hydrogens (tertiary/aromatic N) is 2. The minimum Gasteiger partial charge on any atom is -0.490 e. The van der Waals surface area contributed by atoms with Gasteiger partial charge in [-0.3, -0.25) is 14.5 Å². The Morgan fingerprint density at radius 1 is 1.19 bits per heavy atom. The summed E-state index contributed by atoms with van der Waals surface area (Å²) in [6, 6.07) is 17.4. The Balaban J connectivity index is 1.57. The van der Waals surface area contributed by atoms with Crippen LogP contribution in [0.25, 0.3) is 0 Å². The normalized spacial score (nSPS) is 23.2. The molecule has 2 aromatic rings. The highest BCUT2D eigenvalue weighted by Gasteiger charge is 2.53. The number of ether oxygens (including phenoxy) is 1. The van der Waals surface area contributed by atoms with E-state index in [0.717, 1.165) is 6.54 Å². The molecule has 31 heavy (non-hydrogen) atoms. The molecule has 4 rings (SSSR count). The van der Waals surface area contributed by atoms with Gasteiger partial charge in [-0.05, 0) is 31.8 Å². The highest BCUT2D eigenvalue weighted by molar-refractivity contribution is 5.98. The number of carbonyl (C=O) groups is 2. The van der Waals surface area contributed by atoms with E-state index >= 15 is 0 Å². The monoisotopic (exact) mass is 422 g/mol. The molecule has 0 saturated carbocycles. The van der Waals surface area contributed by atoms with Crippen LogP contribution in [0.1, 0.15) is 15.9 Å². The second-order valence-electron chi connectivity index (χ2n) is 8.70. The SMILES string of the molecule is CN(C)CCNC(=O)[C@@H]1CN(Cc2ccccc2)C[C@]12COc1ccccc1C(=O)N2. The topological polar surface area (TPSA) is 73.9 Å². The lowest BCUT2D eigenvalue weighted by Crippen LogP contribution is -2.60. The van der Waals surface area contributed by atoms with E-state index in [1.165, 1.54) is 5.56 Å². The summed E-state index contributed by atoms with van der Waals surface area (Å²) in [6.07, 6.45) is 0. The van der Waals surface area contributed by atoms with E-state index in [9.17, 15) is 9.59 Å². The molecular weight excluding hydrogens is 392 g/mol. The van der Waals surface area contributed by atoms with Gasteiger partial charge in [0, 0.05) is 32.7 Å². The van der Waals surface area contributed by atoms with E-state index in [1.807, 2.05) is 49.3 Å². The number of benzene rings is 2. The minimum atomic E-state index is -0.785. The first-order valence-electron chi connectivity index (χ1n) is 10.7. The van der Waals surface area contributed by atoms with Crippen LogP contribution in [0.5, 0.6) is 5.75 Å². The van der Waals surface area contributed by atoms with Crippen LogP contribution in [-0.2, 0) is 11.3 Å². The number of rotatable bonds is 6. The number of likely N-dealkylation sites (N-methyl/N-ethyl adjacent to an activating group) is 1. The molecule has 2 aliphatic heterocycles. The Bertz CT molecular complexity index is 933. The molecule has 2 amide bonds. The third-order valence-electron chi connectivity index (χ3n) is 6.02. The van der Waals surface area contributed by atoms with Crippen LogP contribution in [0.4, 0.5) is 0 Å². The maximum absolute atomic E-state index is 13.2. The molecular formula is C24H30N4O3. The number of hydrogen-bond donors (Lipinski definition) is 2. The Morgan fingerprint density at radius 2 is 1.94 bits per heavy atom.